The first-order valence-electron chi connectivity index (χ1n) is 10.6. The van der Waals surface area contributed by atoms with Crippen LogP contribution in [0.3, 0.4) is 0 Å². The van der Waals surface area contributed by atoms with Crippen molar-refractivity contribution in [3.05, 3.63) is 0 Å². The zero-order valence-electron chi connectivity index (χ0n) is 16.0. The smallest absolute Gasteiger partial charge is 0.0438 e. The van der Waals surface area contributed by atoms with Gasteiger partial charge in [-0.05, 0) is 24.3 Å². The van der Waals surface area contributed by atoms with Crippen LogP contribution in [0.5, 0.6) is 0 Å². The van der Waals surface area contributed by atoms with Crippen LogP contribution in [0.4, 0.5) is 0 Å². The molecule has 0 fully saturated rings. The summed E-state index contributed by atoms with van der Waals surface area (Å²) in [5.41, 5.74) is 0. The summed E-state index contributed by atoms with van der Waals surface area (Å²) in [7, 11) is 0. The van der Waals surface area contributed by atoms with Crippen LogP contribution in [0, 0.1) is 0 Å². The lowest BCUT2D eigenvalue weighted by molar-refractivity contribution is 0.296. The molecule has 0 spiro atoms. The highest BCUT2D eigenvalue weighted by Crippen LogP contribution is 2.14. The largest absolute Gasteiger partial charge is 0.396 e. The molecule has 0 atom stereocenters. The molecule has 0 bridgehead atoms. The minimum Gasteiger partial charge on any atom is -0.396 e. The molecule has 1 nitrogen and oxygen atoms in total. The quantitative estimate of drug-likeness (QED) is 0.233. The molecule has 0 heterocycles. The fourth-order valence-electron chi connectivity index (χ4n) is 3.02. The molecule has 0 aliphatic carbocycles. The van der Waals surface area contributed by atoms with E-state index in [2.05, 4.69) is 6.92 Å². The summed E-state index contributed by atoms with van der Waals surface area (Å²) in [5.74, 6) is 2.42. The van der Waals surface area contributed by atoms with E-state index in [4.69, 9.17) is 5.11 Å². The van der Waals surface area contributed by atoms with Gasteiger partial charge in [-0.3, -0.25) is 0 Å². The van der Waals surface area contributed by atoms with E-state index in [-0.39, 0.29) is 0 Å². The number of aliphatic hydroxyl groups excluding tert-OH is 1. The van der Waals surface area contributed by atoms with Crippen LogP contribution in [0.2, 0.25) is 0 Å². The van der Waals surface area contributed by atoms with Crippen LogP contribution in [-0.4, -0.2) is 23.2 Å². The monoisotopic (exact) mass is 344 g/mol. The van der Waals surface area contributed by atoms with Gasteiger partial charge in [0.25, 0.3) is 0 Å². The molecular weight excluding hydrogens is 300 g/mol. The van der Waals surface area contributed by atoms with Gasteiger partial charge in [0.05, 0.1) is 0 Å². The summed E-state index contributed by atoms with van der Waals surface area (Å²) in [5, 5.41) is 8.70. The van der Waals surface area contributed by atoms with Gasteiger partial charge >= 0.3 is 0 Å². The molecular formula is C21H44OS. The Morgan fingerprint density at radius 2 is 0.826 bits per heavy atom. The van der Waals surface area contributed by atoms with Gasteiger partial charge in [-0.1, -0.05) is 103 Å². The topological polar surface area (TPSA) is 20.2 Å². The average Bonchev–Trinajstić information content (AvgIpc) is 2.57. The third-order valence-electron chi connectivity index (χ3n) is 4.59. The Hall–Kier alpha value is 0.310. The minimum atomic E-state index is 0.353. The molecule has 0 radical (unpaired) electrons. The number of unbranched alkanes of at least 4 members (excludes halogenated alkanes) is 15. The van der Waals surface area contributed by atoms with Gasteiger partial charge in [0.15, 0.2) is 0 Å². The molecule has 0 aliphatic rings. The van der Waals surface area contributed by atoms with E-state index < -0.39 is 0 Å². The highest BCUT2D eigenvalue weighted by molar-refractivity contribution is 7.99. The van der Waals surface area contributed by atoms with Crippen LogP contribution in [0.25, 0.3) is 0 Å². The summed E-state index contributed by atoms with van der Waals surface area (Å²) in [6.45, 7) is 2.64. The normalized spacial score (nSPS) is 11.2. The van der Waals surface area contributed by atoms with Crippen molar-refractivity contribution in [3.8, 4) is 0 Å². The summed E-state index contributed by atoms with van der Waals surface area (Å²) in [4.78, 5) is 0. The molecule has 0 saturated heterocycles. The molecule has 0 rings (SSSR count). The lowest BCUT2D eigenvalue weighted by Crippen LogP contribution is -1.88. The predicted molar refractivity (Wildman–Crippen MR) is 109 cm³/mol. The zero-order valence-corrected chi connectivity index (χ0v) is 16.8. The first kappa shape index (κ1) is 23.3. The number of hydrogen-bond donors (Lipinski definition) is 1. The van der Waals surface area contributed by atoms with Crippen molar-refractivity contribution in [3.63, 3.8) is 0 Å². The lowest BCUT2D eigenvalue weighted by atomic mass is 10.0. The van der Waals surface area contributed by atoms with Crippen molar-refractivity contribution in [1.29, 1.82) is 0 Å². The van der Waals surface area contributed by atoms with Gasteiger partial charge in [0, 0.05) is 6.61 Å². The van der Waals surface area contributed by atoms with Crippen LogP contribution in [0.1, 0.15) is 116 Å². The predicted octanol–water partition coefficient (Wildman–Crippen LogP) is 7.36. The van der Waals surface area contributed by atoms with E-state index in [1.807, 2.05) is 11.8 Å². The molecule has 0 saturated carbocycles. The second-order valence-electron chi connectivity index (χ2n) is 6.99. The zero-order chi connectivity index (χ0) is 16.8. The molecule has 2 heteroatoms. The highest BCUT2D eigenvalue weighted by Gasteiger charge is 1.95. The van der Waals surface area contributed by atoms with E-state index in [1.165, 1.54) is 108 Å². The van der Waals surface area contributed by atoms with E-state index in [1.54, 1.807) is 0 Å². The van der Waals surface area contributed by atoms with Gasteiger partial charge in [0.1, 0.15) is 0 Å². The van der Waals surface area contributed by atoms with Crippen molar-refractivity contribution >= 4 is 11.8 Å². The van der Waals surface area contributed by atoms with Crippen molar-refractivity contribution in [1.82, 2.24) is 0 Å². The number of aliphatic hydroxyl groups is 1. The summed E-state index contributed by atoms with van der Waals surface area (Å²) in [6.07, 6.45) is 24.1. The third-order valence-corrected chi connectivity index (χ3v) is 5.74. The van der Waals surface area contributed by atoms with Gasteiger partial charge in [0.2, 0.25) is 0 Å². The Balaban J connectivity index is 2.92. The molecule has 0 aromatic carbocycles. The maximum absolute atomic E-state index is 8.70. The average molecular weight is 345 g/mol. The molecule has 23 heavy (non-hydrogen) atoms. The Labute approximate surface area is 151 Å². The maximum Gasteiger partial charge on any atom is 0.0438 e. The standard InChI is InChI=1S/C21H44OS/c1-2-3-4-5-6-7-8-9-10-11-12-13-14-15-16-17-20-23-21-18-19-22/h22H,2-21H2,1H3. The van der Waals surface area contributed by atoms with Crippen molar-refractivity contribution < 1.29 is 5.11 Å². The third kappa shape index (κ3) is 22.3. The lowest BCUT2D eigenvalue weighted by Gasteiger charge is -2.03. The molecule has 0 aromatic rings. The Morgan fingerprint density at radius 1 is 0.478 bits per heavy atom. The summed E-state index contributed by atoms with van der Waals surface area (Å²) >= 11 is 2.00. The second kappa shape index (κ2) is 22.3. The number of rotatable bonds is 20. The Morgan fingerprint density at radius 3 is 1.22 bits per heavy atom. The molecule has 0 unspecified atom stereocenters. The first-order chi connectivity index (χ1) is 11.4. The van der Waals surface area contributed by atoms with Crippen molar-refractivity contribution in [2.24, 2.45) is 0 Å². The molecule has 0 aliphatic heterocycles. The van der Waals surface area contributed by atoms with E-state index in [0.717, 1.165) is 12.2 Å². The fourth-order valence-corrected chi connectivity index (χ4v) is 3.97. The van der Waals surface area contributed by atoms with Crippen LogP contribution < -0.4 is 0 Å². The fraction of sp³-hybridized carbons (Fsp3) is 1.00. The van der Waals surface area contributed by atoms with Gasteiger partial charge in [-0.15, -0.1) is 0 Å². The van der Waals surface area contributed by atoms with E-state index in [0.29, 0.717) is 6.61 Å². The second-order valence-corrected chi connectivity index (χ2v) is 8.22. The Kier molecular flexibility index (Phi) is 22.6. The Bertz CT molecular complexity index is 176. The first-order valence-corrected chi connectivity index (χ1v) is 11.8. The molecule has 0 amide bonds. The van der Waals surface area contributed by atoms with Gasteiger partial charge in [-0.25, -0.2) is 0 Å². The maximum atomic E-state index is 8.70. The minimum absolute atomic E-state index is 0.353. The summed E-state index contributed by atoms with van der Waals surface area (Å²) < 4.78 is 0. The SMILES string of the molecule is CCCCCCCCCCCCCCCCCCSCCCO. The summed E-state index contributed by atoms with van der Waals surface area (Å²) in [6, 6.07) is 0. The van der Waals surface area contributed by atoms with E-state index in [9.17, 15) is 0 Å². The van der Waals surface area contributed by atoms with Gasteiger partial charge < -0.3 is 5.11 Å². The number of hydrogen-bond acceptors (Lipinski definition) is 2. The molecule has 1 N–H and O–H groups in total. The van der Waals surface area contributed by atoms with Crippen molar-refractivity contribution in [2.45, 2.75) is 116 Å². The molecule has 0 aromatic heterocycles. The van der Waals surface area contributed by atoms with Crippen LogP contribution >= 0.6 is 11.8 Å². The van der Waals surface area contributed by atoms with Crippen LogP contribution in [-0.2, 0) is 0 Å². The van der Waals surface area contributed by atoms with Gasteiger partial charge in [-0.2, -0.15) is 11.8 Å². The van der Waals surface area contributed by atoms with Crippen molar-refractivity contribution in [2.75, 3.05) is 18.1 Å². The van der Waals surface area contributed by atoms with Crippen LogP contribution in [0.15, 0.2) is 0 Å². The molecule has 140 valence electrons. The van der Waals surface area contributed by atoms with E-state index >= 15 is 0 Å². The highest BCUT2D eigenvalue weighted by atomic mass is 32.2. The number of thioether (sulfide) groups is 1.